The Morgan fingerprint density at radius 2 is 2.12 bits per heavy atom. The monoisotopic (exact) mass is 250 g/mol. The first kappa shape index (κ1) is 13.9. The molecule has 1 unspecified atom stereocenters. The van der Waals surface area contributed by atoms with Crippen LogP contribution in [0.2, 0.25) is 0 Å². The van der Waals surface area contributed by atoms with E-state index in [4.69, 9.17) is 0 Å². The van der Waals surface area contributed by atoms with Crippen molar-refractivity contribution in [3.8, 4) is 0 Å². The minimum Gasteiger partial charge on any atom is -0.389 e. The molecule has 0 aromatic carbocycles. The highest BCUT2D eigenvalue weighted by Crippen LogP contribution is 2.17. The minimum absolute atomic E-state index is 0.131. The third-order valence-electron chi connectivity index (χ3n) is 2.72. The fourth-order valence-electron chi connectivity index (χ4n) is 1.96. The molecule has 2 N–H and O–H groups in total. The molecule has 96 valence electrons. The number of likely N-dealkylation sites (N-methyl/N-ethyl adjacent to an activating group) is 1. The van der Waals surface area contributed by atoms with Gasteiger partial charge in [-0.3, -0.25) is 0 Å². The van der Waals surface area contributed by atoms with Crippen molar-refractivity contribution in [2.75, 3.05) is 26.7 Å². The average Bonchev–Trinajstić information content (AvgIpc) is 2.16. The maximum absolute atomic E-state index is 12.1. The van der Waals surface area contributed by atoms with E-state index >= 15 is 0 Å². The Hall–Kier alpha value is -0.170. The van der Waals surface area contributed by atoms with Crippen molar-refractivity contribution in [1.29, 1.82) is 0 Å². The molecule has 16 heavy (non-hydrogen) atoms. The molecule has 1 atom stereocenters. The molecule has 1 rings (SSSR count). The quantitative estimate of drug-likeness (QED) is 0.723. The number of nitrogens with zero attached hydrogens (tertiary/aromatic N) is 1. The van der Waals surface area contributed by atoms with Crippen LogP contribution < -0.4 is 5.32 Å². The van der Waals surface area contributed by atoms with Crippen LogP contribution in [0.4, 0.5) is 0 Å². The van der Waals surface area contributed by atoms with Gasteiger partial charge in [-0.25, -0.2) is 12.7 Å². The predicted molar refractivity (Wildman–Crippen MR) is 63.7 cm³/mol. The highest BCUT2D eigenvalue weighted by Gasteiger charge is 2.33. The maximum atomic E-state index is 12.1. The van der Waals surface area contributed by atoms with Gasteiger partial charge in [-0.2, -0.15) is 0 Å². The third-order valence-corrected chi connectivity index (χ3v) is 4.96. The molecular weight excluding hydrogens is 228 g/mol. The summed E-state index contributed by atoms with van der Waals surface area (Å²) in [4.78, 5) is 0. The number of piperidine rings is 1. The summed E-state index contributed by atoms with van der Waals surface area (Å²) in [6, 6.07) is 0. The van der Waals surface area contributed by atoms with E-state index in [1.165, 1.54) is 11.4 Å². The van der Waals surface area contributed by atoms with Crippen LogP contribution >= 0.6 is 0 Å². The van der Waals surface area contributed by atoms with Crippen LogP contribution in [0, 0.1) is 0 Å². The van der Waals surface area contributed by atoms with Crippen molar-refractivity contribution in [3.63, 3.8) is 0 Å². The van der Waals surface area contributed by atoms with E-state index in [0.717, 1.165) is 13.0 Å². The fraction of sp³-hybridized carbons (Fsp3) is 1.00. The normalized spacial score (nSPS) is 23.7. The highest BCUT2D eigenvalue weighted by atomic mass is 32.2. The average molecular weight is 250 g/mol. The van der Waals surface area contributed by atoms with Crippen molar-refractivity contribution in [2.24, 2.45) is 0 Å². The van der Waals surface area contributed by atoms with Crippen molar-refractivity contribution in [1.82, 2.24) is 9.62 Å². The Labute approximate surface area is 97.9 Å². The number of rotatable bonds is 4. The number of sulfonamides is 1. The van der Waals surface area contributed by atoms with Crippen LogP contribution in [0.1, 0.15) is 26.7 Å². The smallest absolute Gasteiger partial charge is 0.218 e. The van der Waals surface area contributed by atoms with E-state index in [1.807, 2.05) is 0 Å². The molecule has 0 aromatic heterocycles. The van der Waals surface area contributed by atoms with E-state index in [2.05, 4.69) is 5.32 Å². The Morgan fingerprint density at radius 3 is 2.56 bits per heavy atom. The van der Waals surface area contributed by atoms with Crippen molar-refractivity contribution >= 4 is 10.0 Å². The molecular formula is C10H22N2O3S. The summed E-state index contributed by atoms with van der Waals surface area (Å²) in [6.07, 6.45) is 1.59. The van der Waals surface area contributed by atoms with Crippen LogP contribution in [-0.2, 0) is 10.0 Å². The van der Waals surface area contributed by atoms with E-state index in [9.17, 15) is 13.5 Å². The first-order chi connectivity index (χ1) is 7.23. The van der Waals surface area contributed by atoms with Crippen LogP contribution in [0.3, 0.4) is 0 Å². The molecule has 0 aliphatic carbocycles. The Morgan fingerprint density at radius 1 is 1.50 bits per heavy atom. The molecule has 0 radical (unpaired) electrons. The summed E-state index contributed by atoms with van der Waals surface area (Å²) in [5.41, 5.74) is -0.996. The van der Waals surface area contributed by atoms with Gasteiger partial charge in [0.05, 0.1) is 10.9 Å². The second-order valence-electron chi connectivity index (χ2n) is 5.08. The van der Waals surface area contributed by atoms with Crippen LogP contribution in [0.5, 0.6) is 0 Å². The molecule has 1 aliphatic heterocycles. The highest BCUT2D eigenvalue weighted by molar-refractivity contribution is 7.89. The largest absolute Gasteiger partial charge is 0.389 e. The molecule has 0 spiro atoms. The van der Waals surface area contributed by atoms with Crippen LogP contribution in [-0.4, -0.2) is 55.4 Å². The molecule has 0 aromatic rings. The Balaban J connectivity index is 2.68. The summed E-state index contributed by atoms with van der Waals surface area (Å²) in [7, 11) is -1.75. The lowest BCUT2D eigenvalue weighted by molar-refractivity contribution is 0.0637. The van der Waals surface area contributed by atoms with Gasteiger partial charge in [0, 0.05) is 20.1 Å². The standard InChI is InChI=1S/C10H22N2O3S/c1-10(2,13)8-12(3)16(14,15)9-5-4-6-11-7-9/h9,11,13H,4-8H2,1-3H3. The number of hydrogen-bond acceptors (Lipinski definition) is 4. The Kier molecular flexibility index (Phi) is 4.34. The van der Waals surface area contributed by atoms with Crippen molar-refractivity contribution in [2.45, 2.75) is 37.5 Å². The van der Waals surface area contributed by atoms with Gasteiger partial charge in [0.15, 0.2) is 0 Å². The zero-order valence-corrected chi connectivity index (χ0v) is 11.0. The van der Waals surface area contributed by atoms with Gasteiger partial charge in [-0.15, -0.1) is 0 Å². The molecule has 1 aliphatic rings. The molecule has 1 heterocycles. The zero-order valence-electron chi connectivity index (χ0n) is 10.2. The van der Waals surface area contributed by atoms with Gasteiger partial charge < -0.3 is 10.4 Å². The summed E-state index contributed by atoms with van der Waals surface area (Å²) >= 11 is 0. The third kappa shape index (κ3) is 3.69. The lowest BCUT2D eigenvalue weighted by Crippen LogP contribution is -2.48. The first-order valence-corrected chi connectivity index (χ1v) is 7.12. The first-order valence-electron chi connectivity index (χ1n) is 5.62. The Bertz CT molecular complexity index is 315. The van der Waals surface area contributed by atoms with Gasteiger partial charge in [0.25, 0.3) is 0 Å². The summed E-state index contributed by atoms with van der Waals surface area (Å²) in [5.74, 6) is 0. The second-order valence-corrected chi connectivity index (χ2v) is 7.40. The molecule has 6 heteroatoms. The number of hydrogen-bond donors (Lipinski definition) is 2. The number of aliphatic hydroxyl groups is 1. The predicted octanol–water partition coefficient (Wildman–Crippen LogP) is -0.229. The van der Waals surface area contributed by atoms with Gasteiger partial charge in [-0.05, 0) is 33.2 Å². The van der Waals surface area contributed by atoms with E-state index in [1.54, 1.807) is 13.8 Å². The summed E-state index contributed by atoms with van der Waals surface area (Å²) < 4.78 is 25.5. The van der Waals surface area contributed by atoms with Crippen molar-refractivity contribution < 1.29 is 13.5 Å². The van der Waals surface area contributed by atoms with Gasteiger partial charge in [0.1, 0.15) is 0 Å². The summed E-state index contributed by atoms with van der Waals surface area (Å²) in [6.45, 7) is 4.75. The molecule has 1 fully saturated rings. The van der Waals surface area contributed by atoms with Gasteiger partial charge >= 0.3 is 0 Å². The minimum atomic E-state index is -3.28. The van der Waals surface area contributed by atoms with E-state index in [0.29, 0.717) is 13.0 Å². The van der Waals surface area contributed by atoms with Crippen LogP contribution in [0.25, 0.3) is 0 Å². The van der Waals surface area contributed by atoms with E-state index < -0.39 is 15.6 Å². The molecule has 5 nitrogen and oxygen atoms in total. The zero-order chi connectivity index (χ0) is 12.4. The SMILES string of the molecule is CN(CC(C)(C)O)S(=O)(=O)C1CCCNC1. The summed E-state index contributed by atoms with van der Waals surface area (Å²) in [5, 5.41) is 12.4. The lowest BCUT2D eigenvalue weighted by atomic mass is 10.1. The molecule has 0 saturated carbocycles. The van der Waals surface area contributed by atoms with Gasteiger partial charge in [-0.1, -0.05) is 0 Å². The molecule has 0 bridgehead atoms. The van der Waals surface area contributed by atoms with Crippen LogP contribution in [0.15, 0.2) is 0 Å². The maximum Gasteiger partial charge on any atom is 0.218 e. The molecule has 0 amide bonds. The topological polar surface area (TPSA) is 69.6 Å². The fourth-order valence-corrected chi connectivity index (χ4v) is 3.76. The van der Waals surface area contributed by atoms with Gasteiger partial charge in [0.2, 0.25) is 10.0 Å². The molecule has 1 saturated heterocycles. The van der Waals surface area contributed by atoms with E-state index in [-0.39, 0.29) is 11.8 Å². The lowest BCUT2D eigenvalue weighted by Gasteiger charge is -2.30. The second kappa shape index (κ2) is 5.00. The number of nitrogens with one attached hydrogen (secondary N) is 1. The van der Waals surface area contributed by atoms with Crippen molar-refractivity contribution in [3.05, 3.63) is 0 Å².